The Morgan fingerprint density at radius 3 is 2.88 bits per heavy atom. The van der Waals surface area contributed by atoms with Gasteiger partial charge in [-0.15, -0.1) is 0 Å². The largest absolute Gasteiger partial charge is 0.386 e. The molecule has 4 unspecified atom stereocenters. The Balaban J connectivity index is 1.77. The Morgan fingerprint density at radius 1 is 1.41 bits per heavy atom. The molecule has 3 heteroatoms. The van der Waals surface area contributed by atoms with Gasteiger partial charge in [-0.25, -0.2) is 0 Å². The van der Waals surface area contributed by atoms with Crippen LogP contribution in [0.4, 0.5) is 0 Å². The van der Waals surface area contributed by atoms with E-state index in [-0.39, 0.29) is 6.10 Å². The van der Waals surface area contributed by atoms with E-state index in [0.717, 1.165) is 12.3 Å². The van der Waals surface area contributed by atoms with Gasteiger partial charge in [0.1, 0.15) is 5.60 Å². The van der Waals surface area contributed by atoms with Crippen LogP contribution < -0.4 is 5.32 Å². The van der Waals surface area contributed by atoms with Gasteiger partial charge in [-0.3, -0.25) is 0 Å². The zero-order chi connectivity index (χ0) is 12.3. The SMILES string of the molecule is CCC1CCCC(NCC2(O)CCOC2C)C1. The van der Waals surface area contributed by atoms with Crippen molar-refractivity contribution in [3.05, 3.63) is 0 Å². The summed E-state index contributed by atoms with van der Waals surface area (Å²) in [4.78, 5) is 0. The molecule has 2 rings (SSSR count). The fourth-order valence-electron chi connectivity index (χ4n) is 3.17. The van der Waals surface area contributed by atoms with Crippen molar-refractivity contribution in [3.8, 4) is 0 Å². The second-order valence-corrected chi connectivity index (χ2v) is 5.89. The van der Waals surface area contributed by atoms with Crippen molar-refractivity contribution < 1.29 is 9.84 Å². The molecule has 0 aromatic rings. The van der Waals surface area contributed by atoms with Crippen molar-refractivity contribution in [2.24, 2.45) is 5.92 Å². The summed E-state index contributed by atoms with van der Waals surface area (Å²) in [7, 11) is 0. The van der Waals surface area contributed by atoms with Crippen LogP contribution in [0.3, 0.4) is 0 Å². The van der Waals surface area contributed by atoms with Crippen molar-refractivity contribution in [2.45, 2.75) is 70.1 Å². The lowest BCUT2D eigenvalue weighted by molar-refractivity contribution is -0.0286. The first kappa shape index (κ1) is 13.3. The van der Waals surface area contributed by atoms with Gasteiger partial charge in [0, 0.05) is 25.6 Å². The highest BCUT2D eigenvalue weighted by Gasteiger charge is 2.39. The van der Waals surface area contributed by atoms with Crippen LogP contribution in [0.1, 0.15) is 52.4 Å². The van der Waals surface area contributed by atoms with E-state index in [4.69, 9.17) is 4.74 Å². The normalized spacial score (nSPS) is 42.9. The first-order valence-corrected chi connectivity index (χ1v) is 7.21. The van der Waals surface area contributed by atoms with Gasteiger partial charge in [0.05, 0.1) is 6.10 Å². The maximum absolute atomic E-state index is 10.4. The van der Waals surface area contributed by atoms with E-state index in [9.17, 15) is 5.11 Å². The minimum atomic E-state index is -0.640. The van der Waals surface area contributed by atoms with E-state index in [1.165, 1.54) is 32.1 Å². The van der Waals surface area contributed by atoms with Crippen molar-refractivity contribution in [3.63, 3.8) is 0 Å². The van der Waals surface area contributed by atoms with Crippen LogP contribution in [0.2, 0.25) is 0 Å². The highest BCUT2D eigenvalue weighted by molar-refractivity contribution is 4.93. The summed E-state index contributed by atoms with van der Waals surface area (Å²) in [6.45, 7) is 5.65. The van der Waals surface area contributed by atoms with Crippen molar-refractivity contribution in [1.29, 1.82) is 0 Å². The van der Waals surface area contributed by atoms with Gasteiger partial charge in [-0.2, -0.15) is 0 Å². The average molecular weight is 241 g/mol. The molecule has 3 nitrogen and oxygen atoms in total. The number of ether oxygens (including phenoxy) is 1. The van der Waals surface area contributed by atoms with Crippen LogP contribution in [0.15, 0.2) is 0 Å². The summed E-state index contributed by atoms with van der Waals surface area (Å²) in [6, 6.07) is 0.602. The molecule has 1 aliphatic carbocycles. The van der Waals surface area contributed by atoms with E-state index in [1.807, 2.05) is 6.92 Å². The summed E-state index contributed by atoms with van der Waals surface area (Å²) in [5, 5.41) is 14.0. The number of hydrogen-bond donors (Lipinski definition) is 2. The Morgan fingerprint density at radius 2 is 2.24 bits per heavy atom. The molecule has 0 radical (unpaired) electrons. The molecule has 1 aliphatic heterocycles. The lowest BCUT2D eigenvalue weighted by Crippen LogP contribution is -2.49. The molecule has 1 saturated carbocycles. The van der Waals surface area contributed by atoms with Crippen LogP contribution >= 0.6 is 0 Å². The monoisotopic (exact) mass is 241 g/mol. The molecule has 0 aromatic carbocycles. The fourth-order valence-corrected chi connectivity index (χ4v) is 3.17. The van der Waals surface area contributed by atoms with Gasteiger partial charge in [-0.05, 0) is 25.7 Å². The Hall–Kier alpha value is -0.120. The van der Waals surface area contributed by atoms with Crippen LogP contribution in [0.25, 0.3) is 0 Å². The van der Waals surface area contributed by atoms with Crippen molar-refractivity contribution in [1.82, 2.24) is 5.32 Å². The first-order chi connectivity index (χ1) is 8.14. The lowest BCUT2D eigenvalue weighted by atomic mass is 9.84. The summed E-state index contributed by atoms with van der Waals surface area (Å²) in [6.07, 6.45) is 7.30. The van der Waals surface area contributed by atoms with Gasteiger partial charge in [-0.1, -0.05) is 26.2 Å². The van der Waals surface area contributed by atoms with Crippen LogP contribution in [-0.4, -0.2) is 36.0 Å². The predicted octanol–water partition coefficient (Wildman–Crippen LogP) is 2.08. The summed E-state index contributed by atoms with van der Waals surface area (Å²) in [5.41, 5.74) is -0.640. The molecule has 100 valence electrons. The average Bonchev–Trinajstić information content (AvgIpc) is 2.68. The zero-order valence-electron chi connectivity index (χ0n) is 11.2. The summed E-state index contributed by atoms with van der Waals surface area (Å²) >= 11 is 0. The quantitative estimate of drug-likeness (QED) is 0.792. The molecule has 2 aliphatic rings. The van der Waals surface area contributed by atoms with Crippen LogP contribution in [0.5, 0.6) is 0 Å². The van der Waals surface area contributed by atoms with E-state index < -0.39 is 5.60 Å². The van der Waals surface area contributed by atoms with E-state index in [2.05, 4.69) is 12.2 Å². The van der Waals surface area contributed by atoms with E-state index in [0.29, 0.717) is 19.2 Å². The lowest BCUT2D eigenvalue weighted by Gasteiger charge is -2.33. The molecule has 0 spiro atoms. The molecule has 0 aromatic heterocycles. The predicted molar refractivity (Wildman–Crippen MR) is 69.0 cm³/mol. The maximum atomic E-state index is 10.4. The molecule has 4 atom stereocenters. The topological polar surface area (TPSA) is 41.5 Å². The standard InChI is InChI=1S/C14H27NO2/c1-3-12-5-4-6-13(9-12)15-10-14(16)7-8-17-11(14)2/h11-13,15-16H,3-10H2,1-2H3. The highest BCUT2D eigenvalue weighted by Crippen LogP contribution is 2.28. The number of aliphatic hydroxyl groups is 1. The van der Waals surface area contributed by atoms with Crippen molar-refractivity contribution in [2.75, 3.05) is 13.2 Å². The van der Waals surface area contributed by atoms with Gasteiger partial charge in [0.15, 0.2) is 0 Å². The van der Waals surface area contributed by atoms with Gasteiger partial charge in [0.2, 0.25) is 0 Å². The molecule has 1 heterocycles. The maximum Gasteiger partial charge on any atom is 0.105 e. The van der Waals surface area contributed by atoms with Gasteiger partial charge >= 0.3 is 0 Å². The number of hydrogen-bond acceptors (Lipinski definition) is 3. The van der Waals surface area contributed by atoms with Gasteiger partial charge < -0.3 is 15.2 Å². The first-order valence-electron chi connectivity index (χ1n) is 7.21. The zero-order valence-corrected chi connectivity index (χ0v) is 11.2. The van der Waals surface area contributed by atoms with E-state index >= 15 is 0 Å². The third-order valence-corrected chi connectivity index (χ3v) is 4.72. The fraction of sp³-hybridized carbons (Fsp3) is 1.00. The third kappa shape index (κ3) is 3.21. The summed E-state index contributed by atoms with van der Waals surface area (Å²) in [5.74, 6) is 0.883. The number of nitrogens with one attached hydrogen (secondary N) is 1. The molecular formula is C14H27NO2. The number of rotatable bonds is 4. The minimum Gasteiger partial charge on any atom is -0.386 e. The molecule has 2 fully saturated rings. The molecule has 1 saturated heterocycles. The highest BCUT2D eigenvalue weighted by atomic mass is 16.5. The van der Waals surface area contributed by atoms with Crippen molar-refractivity contribution >= 4 is 0 Å². The smallest absolute Gasteiger partial charge is 0.105 e. The second-order valence-electron chi connectivity index (χ2n) is 5.89. The van der Waals surface area contributed by atoms with E-state index in [1.54, 1.807) is 0 Å². The molecule has 0 bridgehead atoms. The molecule has 17 heavy (non-hydrogen) atoms. The molecular weight excluding hydrogens is 214 g/mol. The summed E-state index contributed by atoms with van der Waals surface area (Å²) < 4.78 is 5.46. The minimum absolute atomic E-state index is 0.0273. The molecule has 0 amide bonds. The van der Waals surface area contributed by atoms with Crippen LogP contribution in [0, 0.1) is 5.92 Å². The Bertz CT molecular complexity index is 246. The molecule has 2 N–H and O–H groups in total. The third-order valence-electron chi connectivity index (χ3n) is 4.72. The van der Waals surface area contributed by atoms with Crippen LogP contribution in [-0.2, 0) is 4.74 Å². The second kappa shape index (κ2) is 5.68. The van der Waals surface area contributed by atoms with Gasteiger partial charge in [0.25, 0.3) is 0 Å². The Labute approximate surface area is 105 Å². The Kier molecular flexibility index (Phi) is 4.45.